The van der Waals surface area contributed by atoms with E-state index >= 15 is 0 Å². The van der Waals surface area contributed by atoms with Gasteiger partial charge in [0.1, 0.15) is 0 Å². The van der Waals surface area contributed by atoms with Crippen LogP contribution in [-0.4, -0.2) is 64.1 Å². The van der Waals surface area contributed by atoms with Crippen molar-refractivity contribution in [3.05, 3.63) is 0 Å². The molecule has 0 aromatic rings. The standard InChI is InChI=1S/C16H32N2O2/c1-14(2)17-11-16(6-9-20-13-16)12-18(3)10-15-4-7-19-8-5-15/h14-15,17H,4-13H2,1-3H3. The van der Waals surface area contributed by atoms with Gasteiger partial charge in [0.2, 0.25) is 0 Å². The minimum absolute atomic E-state index is 0.310. The van der Waals surface area contributed by atoms with Gasteiger partial charge in [0.05, 0.1) is 6.61 Å². The molecule has 0 aromatic heterocycles. The van der Waals surface area contributed by atoms with E-state index in [1.54, 1.807) is 0 Å². The van der Waals surface area contributed by atoms with Gasteiger partial charge in [-0.15, -0.1) is 0 Å². The van der Waals surface area contributed by atoms with Gasteiger partial charge in [-0.25, -0.2) is 0 Å². The van der Waals surface area contributed by atoms with Crippen LogP contribution in [0.5, 0.6) is 0 Å². The summed E-state index contributed by atoms with van der Waals surface area (Å²) in [5.74, 6) is 0.811. The Morgan fingerprint density at radius 3 is 2.55 bits per heavy atom. The molecule has 2 fully saturated rings. The lowest BCUT2D eigenvalue weighted by atomic mass is 9.86. The van der Waals surface area contributed by atoms with Crippen molar-refractivity contribution in [1.29, 1.82) is 0 Å². The highest BCUT2D eigenvalue weighted by atomic mass is 16.5. The highest BCUT2D eigenvalue weighted by Crippen LogP contribution is 2.29. The van der Waals surface area contributed by atoms with E-state index in [1.807, 2.05) is 0 Å². The Bertz CT molecular complexity index is 272. The summed E-state index contributed by atoms with van der Waals surface area (Å²) in [7, 11) is 2.27. The van der Waals surface area contributed by atoms with E-state index in [1.165, 1.54) is 25.8 Å². The lowest BCUT2D eigenvalue weighted by molar-refractivity contribution is 0.0471. The highest BCUT2D eigenvalue weighted by Gasteiger charge is 2.36. The fourth-order valence-electron chi connectivity index (χ4n) is 3.40. The van der Waals surface area contributed by atoms with Crippen LogP contribution in [-0.2, 0) is 9.47 Å². The molecule has 1 N–H and O–H groups in total. The highest BCUT2D eigenvalue weighted by molar-refractivity contribution is 4.89. The van der Waals surface area contributed by atoms with E-state index in [0.717, 1.165) is 45.4 Å². The third-order valence-corrected chi connectivity index (χ3v) is 4.59. The number of ether oxygens (including phenoxy) is 2. The average molecular weight is 284 g/mol. The molecule has 0 radical (unpaired) electrons. The predicted octanol–water partition coefficient (Wildman–Crippen LogP) is 1.75. The van der Waals surface area contributed by atoms with Gasteiger partial charge in [-0.3, -0.25) is 0 Å². The minimum Gasteiger partial charge on any atom is -0.381 e. The Balaban J connectivity index is 1.80. The van der Waals surface area contributed by atoms with Crippen LogP contribution in [0.2, 0.25) is 0 Å². The second kappa shape index (κ2) is 7.74. The maximum Gasteiger partial charge on any atom is 0.0547 e. The van der Waals surface area contributed by atoms with Gasteiger partial charge in [0.15, 0.2) is 0 Å². The number of nitrogens with zero attached hydrogens (tertiary/aromatic N) is 1. The van der Waals surface area contributed by atoms with Gasteiger partial charge in [-0.05, 0) is 32.2 Å². The molecule has 2 rings (SSSR count). The number of nitrogens with one attached hydrogen (secondary N) is 1. The molecule has 118 valence electrons. The molecular formula is C16H32N2O2. The zero-order chi connectivity index (χ0) is 14.4. The second-order valence-electron chi connectivity index (χ2n) is 7.09. The maximum atomic E-state index is 5.70. The second-order valence-corrected chi connectivity index (χ2v) is 7.09. The number of hydrogen-bond donors (Lipinski definition) is 1. The normalized spacial score (nSPS) is 28.6. The van der Waals surface area contributed by atoms with Gasteiger partial charge >= 0.3 is 0 Å². The lowest BCUT2D eigenvalue weighted by Crippen LogP contribution is -2.46. The third-order valence-electron chi connectivity index (χ3n) is 4.59. The summed E-state index contributed by atoms with van der Waals surface area (Å²) in [6.45, 7) is 11.6. The molecule has 1 atom stereocenters. The molecular weight excluding hydrogens is 252 g/mol. The molecule has 0 aromatic carbocycles. The van der Waals surface area contributed by atoms with Crippen molar-refractivity contribution in [1.82, 2.24) is 10.2 Å². The summed E-state index contributed by atoms with van der Waals surface area (Å²) in [6, 6.07) is 0.549. The van der Waals surface area contributed by atoms with Crippen molar-refractivity contribution in [3.8, 4) is 0 Å². The van der Waals surface area contributed by atoms with E-state index in [2.05, 4.69) is 31.1 Å². The maximum absolute atomic E-state index is 5.70. The smallest absolute Gasteiger partial charge is 0.0547 e. The molecule has 2 heterocycles. The first-order valence-corrected chi connectivity index (χ1v) is 8.17. The third kappa shape index (κ3) is 4.99. The van der Waals surface area contributed by atoms with Crippen molar-refractivity contribution in [2.24, 2.45) is 11.3 Å². The van der Waals surface area contributed by atoms with Gasteiger partial charge in [0.25, 0.3) is 0 Å². The van der Waals surface area contributed by atoms with E-state index in [0.29, 0.717) is 11.5 Å². The minimum atomic E-state index is 0.310. The molecule has 0 bridgehead atoms. The van der Waals surface area contributed by atoms with Crippen LogP contribution in [0.15, 0.2) is 0 Å². The summed E-state index contributed by atoms with van der Waals surface area (Å²) >= 11 is 0. The monoisotopic (exact) mass is 284 g/mol. The topological polar surface area (TPSA) is 33.7 Å². The molecule has 4 nitrogen and oxygen atoms in total. The van der Waals surface area contributed by atoms with Crippen molar-refractivity contribution < 1.29 is 9.47 Å². The Morgan fingerprint density at radius 1 is 1.20 bits per heavy atom. The first-order valence-electron chi connectivity index (χ1n) is 8.17. The molecule has 0 spiro atoms. The van der Waals surface area contributed by atoms with Gasteiger partial charge < -0.3 is 19.7 Å². The SMILES string of the molecule is CC(C)NCC1(CN(C)CC2CCOCC2)CCOC1. The van der Waals surface area contributed by atoms with Crippen LogP contribution in [0.4, 0.5) is 0 Å². The number of rotatable bonds is 7. The first-order chi connectivity index (χ1) is 9.60. The molecule has 2 aliphatic heterocycles. The summed E-state index contributed by atoms with van der Waals surface area (Å²) in [5.41, 5.74) is 0.310. The first kappa shape index (κ1) is 16.2. The predicted molar refractivity (Wildman–Crippen MR) is 82.0 cm³/mol. The average Bonchev–Trinajstić information content (AvgIpc) is 2.86. The molecule has 2 aliphatic rings. The zero-order valence-corrected chi connectivity index (χ0v) is 13.5. The molecule has 1 unspecified atom stereocenters. The van der Waals surface area contributed by atoms with Gasteiger partial charge in [-0.1, -0.05) is 13.8 Å². The van der Waals surface area contributed by atoms with Crippen molar-refractivity contribution >= 4 is 0 Å². The largest absolute Gasteiger partial charge is 0.381 e. The van der Waals surface area contributed by atoms with Crippen LogP contribution in [0.3, 0.4) is 0 Å². The summed E-state index contributed by atoms with van der Waals surface area (Å²) < 4.78 is 11.1. The van der Waals surface area contributed by atoms with Crippen LogP contribution in [0.1, 0.15) is 33.1 Å². The van der Waals surface area contributed by atoms with Crippen molar-refractivity contribution in [2.75, 3.05) is 53.1 Å². The van der Waals surface area contributed by atoms with Crippen LogP contribution < -0.4 is 5.32 Å². The van der Waals surface area contributed by atoms with E-state index in [9.17, 15) is 0 Å². The molecule has 0 aliphatic carbocycles. The van der Waals surface area contributed by atoms with Crippen LogP contribution >= 0.6 is 0 Å². The Kier molecular flexibility index (Phi) is 6.27. The van der Waals surface area contributed by atoms with Crippen molar-refractivity contribution in [3.63, 3.8) is 0 Å². The van der Waals surface area contributed by atoms with Gasteiger partial charge in [-0.2, -0.15) is 0 Å². The van der Waals surface area contributed by atoms with Gasteiger partial charge in [0, 0.05) is 50.9 Å². The quantitative estimate of drug-likeness (QED) is 0.772. The molecule has 2 saturated heterocycles. The Morgan fingerprint density at radius 2 is 1.95 bits per heavy atom. The Hall–Kier alpha value is -0.160. The summed E-state index contributed by atoms with van der Waals surface area (Å²) in [4.78, 5) is 2.52. The number of hydrogen-bond acceptors (Lipinski definition) is 4. The van der Waals surface area contributed by atoms with Crippen molar-refractivity contribution in [2.45, 2.75) is 39.2 Å². The van der Waals surface area contributed by atoms with E-state index in [4.69, 9.17) is 9.47 Å². The molecule has 4 heteroatoms. The Labute approximate surface area is 124 Å². The fourth-order valence-corrected chi connectivity index (χ4v) is 3.40. The summed E-state index contributed by atoms with van der Waals surface area (Å²) in [6.07, 6.45) is 3.63. The zero-order valence-electron chi connectivity index (χ0n) is 13.5. The van der Waals surface area contributed by atoms with Crippen LogP contribution in [0, 0.1) is 11.3 Å². The molecule has 0 amide bonds. The summed E-state index contributed by atoms with van der Waals surface area (Å²) in [5, 5.41) is 3.61. The molecule has 0 saturated carbocycles. The van der Waals surface area contributed by atoms with E-state index in [-0.39, 0.29) is 0 Å². The molecule has 20 heavy (non-hydrogen) atoms. The lowest BCUT2D eigenvalue weighted by Gasteiger charge is -2.35. The fraction of sp³-hybridized carbons (Fsp3) is 1.00. The van der Waals surface area contributed by atoms with E-state index < -0.39 is 0 Å². The van der Waals surface area contributed by atoms with Crippen LogP contribution in [0.25, 0.3) is 0 Å².